The molecule has 0 unspecified atom stereocenters. The molecule has 0 bridgehead atoms. The topological polar surface area (TPSA) is 3.24 Å². The van der Waals surface area contributed by atoms with Gasteiger partial charge in [-0.2, -0.15) is 0 Å². The maximum Gasteiger partial charge on any atom is 0.0398 e. The van der Waals surface area contributed by atoms with Gasteiger partial charge in [-0.1, -0.05) is 32.9 Å². The Morgan fingerprint density at radius 1 is 1.12 bits per heavy atom. The average molecular weight is 219 g/mol. The third kappa shape index (κ3) is 2.78. The van der Waals surface area contributed by atoms with Crippen LogP contribution >= 0.6 is 0 Å². The molecule has 0 amide bonds. The first-order chi connectivity index (χ1) is 7.23. The highest BCUT2D eigenvalue weighted by Gasteiger charge is 2.16. The van der Waals surface area contributed by atoms with Gasteiger partial charge >= 0.3 is 0 Å². The van der Waals surface area contributed by atoms with Crippen molar-refractivity contribution in [1.82, 2.24) is 0 Å². The van der Waals surface area contributed by atoms with Crippen LogP contribution in [0.1, 0.15) is 45.7 Å². The molecule has 0 aromatic heterocycles. The van der Waals surface area contributed by atoms with Crippen molar-refractivity contribution >= 4 is 5.69 Å². The summed E-state index contributed by atoms with van der Waals surface area (Å²) in [6.07, 6.45) is 0. The fraction of sp³-hybridized carbons (Fsp3) is 0.600. The van der Waals surface area contributed by atoms with Crippen LogP contribution in [-0.4, -0.2) is 13.1 Å². The summed E-state index contributed by atoms with van der Waals surface area (Å²) in [6, 6.07) is 7.34. The number of nitrogens with zero attached hydrogens (tertiary/aromatic N) is 1. The van der Waals surface area contributed by atoms with E-state index in [9.17, 15) is 0 Å². The van der Waals surface area contributed by atoms with Gasteiger partial charge in [0.25, 0.3) is 0 Å². The van der Waals surface area contributed by atoms with Crippen molar-refractivity contribution in [1.29, 1.82) is 0 Å². The Kier molecular flexibility index (Phi) is 3.67. The fourth-order valence-corrected chi connectivity index (χ4v) is 1.73. The molecule has 1 aromatic rings. The summed E-state index contributed by atoms with van der Waals surface area (Å²) < 4.78 is 0. The first-order valence-corrected chi connectivity index (χ1v) is 6.07. The summed E-state index contributed by atoms with van der Waals surface area (Å²) in [4.78, 5) is 2.34. The first kappa shape index (κ1) is 13.1. The number of anilines is 1. The molecule has 0 atom stereocenters. The van der Waals surface area contributed by atoms with Crippen molar-refractivity contribution in [2.45, 2.75) is 53.0 Å². The number of benzene rings is 1. The summed E-state index contributed by atoms with van der Waals surface area (Å²) in [5.74, 6) is 0. The zero-order chi connectivity index (χ0) is 12.5. The van der Waals surface area contributed by atoms with Gasteiger partial charge in [0.05, 0.1) is 0 Å². The van der Waals surface area contributed by atoms with Gasteiger partial charge in [-0.25, -0.2) is 0 Å². The maximum absolute atomic E-state index is 2.34. The molecule has 0 N–H and O–H groups in total. The van der Waals surface area contributed by atoms with Gasteiger partial charge in [-0.05, 0) is 43.4 Å². The Bertz CT molecular complexity index is 358. The van der Waals surface area contributed by atoms with Crippen LogP contribution in [0.2, 0.25) is 0 Å². The van der Waals surface area contributed by atoms with E-state index in [4.69, 9.17) is 0 Å². The van der Waals surface area contributed by atoms with E-state index in [2.05, 4.69) is 71.7 Å². The second kappa shape index (κ2) is 4.48. The largest absolute Gasteiger partial charge is 0.372 e. The molecule has 0 saturated carbocycles. The van der Waals surface area contributed by atoms with E-state index in [-0.39, 0.29) is 5.41 Å². The lowest BCUT2D eigenvalue weighted by Crippen LogP contribution is -2.27. The summed E-state index contributed by atoms with van der Waals surface area (Å²) in [5.41, 5.74) is 4.33. The van der Waals surface area contributed by atoms with Crippen LogP contribution in [-0.2, 0) is 5.41 Å². The van der Waals surface area contributed by atoms with E-state index in [1.807, 2.05) is 0 Å². The SMILES string of the molecule is Cc1ccc(C(C)(C)C)cc1N(C)C(C)C. The molecule has 0 aliphatic heterocycles. The Labute approximate surface area is 100 Å². The lowest BCUT2D eigenvalue weighted by Gasteiger charge is -2.28. The zero-order valence-corrected chi connectivity index (χ0v) is 11.8. The van der Waals surface area contributed by atoms with Crippen LogP contribution in [0.4, 0.5) is 5.69 Å². The van der Waals surface area contributed by atoms with Gasteiger partial charge in [0.2, 0.25) is 0 Å². The Hall–Kier alpha value is -0.980. The predicted molar refractivity (Wildman–Crippen MR) is 73.4 cm³/mol. The van der Waals surface area contributed by atoms with Crippen LogP contribution in [0.5, 0.6) is 0 Å². The minimum absolute atomic E-state index is 0.222. The molecule has 1 nitrogen and oxygen atoms in total. The Balaban J connectivity index is 3.19. The molecule has 0 fully saturated rings. The molecule has 0 aliphatic rings. The van der Waals surface area contributed by atoms with Crippen LogP contribution in [0.3, 0.4) is 0 Å². The van der Waals surface area contributed by atoms with Crippen molar-refractivity contribution in [3.05, 3.63) is 29.3 Å². The lowest BCUT2D eigenvalue weighted by atomic mass is 9.86. The van der Waals surface area contributed by atoms with E-state index >= 15 is 0 Å². The normalized spacial score (nSPS) is 12.0. The van der Waals surface area contributed by atoms with Crippen LogP contribution in [0.15, 0.2) is 18.2 Å². The highest BCUT2D eigenvalue weighted by Crippen LogP contribution is 2.29. The van der Waals surface area contributed by atoms with Gasteiger partial charge in [-0.3, -0.25) is 0 Å². The summed E-state index contributed by atoms with van der Waals surface area (Å²) in [6.45, 7) is 13.4. The molecule has 0 saturated heterocycles. The van der Waals surface area contributed by atoms with Crippen molar-refractivity contribution < 1.29 is 0 Å². The fourth-order valence-electron chi connectivity index (χ4n) is 1.73. The van der Waals surface area contributed by atoms with E-state index in [1.165, 1.54) is 16.8 Å². The lowest BCUT2D eigenvalue weighted by molar-refractivity contribution is 0.589. The number of aryl methyl sites for hydroxylation is 1. The minimum atomic E-state index is 0.222. The molecule has 1 aromatic carbocycles. The second-order valence-corrected chi connectivity index (χ2v) is 5.96. The summed E-state index contributed by atoms with van der Waals surface area (Å²) >= 11 is 0. The quantitative estimate of drug-likeness (QED) is 0.722. The zero-order valence-electron chi connectivity index (χ0n) is 11.8. The molecule has 0 spiro atoms. The Morgan fingerprint density at radius 2 is 1.69 bits per heavy atom. The monoisotopic (exact) mass is 219 g/mol. The van der Waals surface area contributed by atoms with Crippen LogP contribution in [0.25, 0.3) is 0 Å². The smallest absolute Gasteiger partial charge is 0.0398 e. The number of rotatable bonds is 2. The second-order valence-electron chi connectivity index (χ2n) is 5.96. The molecular formula is C15H25N. The van der Waals surface area contributed by atoms with Gasteiger partial charge < -0.3 is 4.90 Å². The molecule has 1 rings (SSSR count). The molecular weight excluding hydrogens is 194 g/mol. The molecule has 0 radical (unpaired) electrons. The van der Waals surface area contributed by atoms with Crippen molar-refractivity contribution in [2.75, 3.05) is 11.9 Å². The van der Waals surface area contributed by atoms with E-state index in [0.717, 1.165) is 0 Å². The molecule has 16 heavy (non-hydrogen) atoms. The van der Waals surface area contributed by atoms with Crippen molar-refractivity contribution in [3.63, 3.8) is 0 Å². The van der Waals surface area contributed by atoms with Crippen molar-refractivity contribution in [3.8, 4) is 0 Å². The summed E-state index contributed by atoms with van der Waals surface area (Å²) in [5, 5.41) is 0. The first-order valence-electron chi connectivity index (χ1n) is 6.07. The standard InChI is InChI=1S/C15H25N/c1-11(2)16(7)14-10-13(15(4,5)6)9-8-12(14)3/h8-11H,1-7H3. The minimum Gasteiger partial charge on any atom is -0.372 e. The Morgan fingerprint density at radius 3 is 2.12 bits per heavy atom. The van der Waals surface area contributed by atoms with Gasteiger partial charge in [0.15, 0.2) is 0 Å². The molecule has 1 heteroatoms. The van der Waals surface area contributed by atoms with E-state index < -0.39 is 0 Å². The van der Waals surface area contributed by atoms with Crippen LogP contribution in [0, 0.1) is 6.92 Å². The molecule has 90 valence electrons. The highest BCUT2D eigenvalue weighted by atomic mass is 15.1. The van der Waals surface area contributed by atoms with Gasteiger partial charge in [0, 0.05) is 18.8 Å². The van der Waals surface area contributed by atoms with Crippen molar-refractivity contribution in [2.24, 2.45) is 0 Å². The number of hydrogen-bond donors (Lipinski definition) is 0. The third-order valence-electron chi connectivity index (χ3n) is 3.23. The van der Waals surface area contributed by atoms with Crippen LogP contribution < -0.4 is 4.90 Å². The predicted octanol–water partition coefficient (Wildman–Crippen LogP) is 4.14. The maximum atomic E-state index is 2.34. The van der Waals surface area contributed by atoms with E-state index in [0.29, 0.717) is 6.04 Å². The van der Waals surface area contributed by atoms with Gasteiger partial charge in [0.1, 0.15) is 0 Å². The highest BCUT2D eigenvalue weighted by molar-refractivity contribution is 5.56. The summed E-state index contributed by atoms with van der Waals surface area (Å²) in [7, 11) is 2.17. The molecule has 0 heterocycles. The average Bonchev–Trinajstić information content (AvgIpc) is 2.15. The third-order valence-corrected chi connectivity index (χ3v) is 3.23. The van der Waals surface area contributed by atoms with Gasteiger partial charge in [-0.15, -0.1) is 0 Å². The van der Waals surface area contributed by atoms with E-state index in [1.54, 1.807) is 0 Å². The number of hydrogen-bond acceptors (Lipinski definition) is 1. The molecule has 0 aliphatic carbocycles.